The molecule has 5 aliphatic rings. The van der Waals surface area contributed by atoms with Crippen LogP contribution in [0.1, 0.15) is 94.9 Å². The standard InChI is InChI=1S/C17H33NO2S.C13H24O2.C4H9NS.2CH4/c1-13(2)16-5-4-14(3)10-17(16)20-12-15(19)11-18-6-8-21-9-7-18;1-9(2)12-5-4-10(3)6-13(12)15-8-11-7-14-11;1-3-6-4-2-5-1;;/h13-17,19H,4-12H2,1-3H3;9-13H,4-8H2,1-3H3;5H,1-4H2;2*1H4. The molecule has 0 aromatic carbocycles. The first-order chi connectivity index (χ1) is 20.2. The van der Waals surface area contributed by atoms with Crippen LogP contribution in [-0.2, 0) is 14.2 Å². The number of thioether (sulfide) groups is 2. The van der Waals surface area contributed by atoms with E-state index in [2.05, 4.69) is 51.8 Å². The minimum Gasteiger partial charge on any atom is -0.389 e. The van der Waals surface area contributed by atoms with E-state index in [1.807, 2.05) is 23.5 Å². The molecule has 5 rings (SSSR count). The van der Waals surface area contributed by atoms with Crippen molar-refractivity contribution in [3.63, 3.8) is 0 Å². The lowest BCUT2D eigenvalue weighted by Gasteiger charge is -2.38. The molecule has 0 aromatic heterocycles. The molecular formula is C36H74N2O4S2. The van der Waals surface area contributed by atoms with E-state index in [0.717, 1.165) is 62.9 Å². The fourth-order valence-corrected chi connectivity index (χ4v) is 8.65. The van der Waals surface area contributed by atoms with Crippen molar-refractivity contribution in [2.45, 2.75) is 119 Å². The SMILES string of the molecule is C.C.C1CSCCN1.CC1CCC(C(C)C)C(OCC(O)CN2CCSCC2)C1.CC1CCC(C(C)C)C(OCC2CO2)C1. The van der Waals surface area contributed by atoms with Crippen LogP contribution in [0.15, 0.2) is 0 Å². The first kappa shape index (κ1) is 42.5. The van der Waals surface area contributed by atoms with Gasteiger partial charge in [-0.2, -0.15) is 23.5 Å². The molecule has 0 amide bonds. The zero-order valence-corrected chi connectivity index (χ0v) is 29.6. The summed E-state index contributed by atoms with van der Waals surface area (Å²) in [5.41, 5.74) is 0. The van der Waals surface area contributed by atoms with Crippen LogP contribution in [-0.4, -0.2) is 110 Å². The number of rotatable bonds is 10. The van der Waals surface area contributed by atoms with Crippen LogP contribution >= 0.6 is 23.5 Å². The molecule has 0 spiro atoms. The van der Waals surface area contributed by atoms with Crippen molar-refractivity contribution < 1.29 is 19.3 Å². The number of hydrogen-bond donors (Lipinski definition) is 2. The molecule has 0 aromatic rings. The first-order valence-electron chi connectivity index (χ1n) is 17.3. The summed E-state index contributed by atoms with van der Waals surface area (Å²) in [5.74, 6) is 9.47. The molecule has 0 bridgehead atoms. The Balaban J connectivity index is 0.000000367. The minimum absolute atomic E-state index is 0. The van der Waals surface area contributed by atoms with Gasteiger partial charge in [0.25, 0.3) is 0 Å². The Morgan fingerprint density at radius 3 is 1.73 bits per heavy atom. The van der Waals surface area contributed by atoms with Gasteiger partial charge >= 0.3 is 0 Å². The second kappa shape index (κ2) is 23.7. The summed E-state index contributed by atoms with van der Waals surface area (Å²) in [5, 5.41) is 13.5. The number of epoxide rings is 1. The van der Waals surface area contributed by atoms with E-state index in [1.165, 1.54) is 68.2 Å². The number of nitrogens with one attached hydrogen (secondary N) is 1. The summed E-state index contributed by atoms with van der Waals surface area (Å²) in [4.78, 5) is 2.37. The van der Waals surface area contributed by atoms with Crippen LogP contribution in [0.2, 0.25) is 0 Å². The largest absolute Gasteiger partial charge is 0.389 e. The Bertz CT molecular complexity index is 678. The number of β-amino-alcohol motifs (C(OH)–C–C–N with tert-alkyl or cyclic N) is 1. The maximum Gasteiger partial charge on any atom is 0.104 e. The highest BCUT2D eigenvalue weighted by molar-refractivity contribution is 7.99. The Morgan fingerprint density at radius 2 is 1.30 bits per heavy atom. The van der Waals surface area contributed by atoms with E-state index in [4.69, 9.17) is 14.2 Å². The lowest BCUT2D eigenvalue weighted by molar-refractivity contribution is -0.0735. The van der Waals surface area contributed by atoms with Crippen LogP contribution in [0.3, 0.4) is 0 Å². The van der Waals surface area contributed by atoms with Gasteiger partial charge in [0.15, 0.2) is 0 Å². The highest BCUT2D eigenvalue weighted by atomic mass is 32.2. The molecule has 8 atom stereocenters. The third-order valence-electron chi connectivity index (χ3n) is 9.74. The van der Waals surface area contributed by atoms with E-state index in [0.29, 0.717) is 36.8 Å². The zero-order chi connectivity index (χ0) is 30.3. The van der Waals surface area contributed by atoms with Gasteiger partial charge in [0.2, 0.25) is 0 Å². The van der Waals surface area contributed by atoms with E-state index in [-0.39, 0.29) is 21.0 Å². The number of aliphatic hydroxyl groups excluding tert-OH is 1. The predicted molar refractivity (Wildman–Crippen MR) is 195 cm³/mol. The fraction of sp³-hybridized carbons (Fsp3) is 1.00. The maximum atomic E-state index is 10.2. The summed E-state index contributed by atoms with van der Waals surface area (Å²) in [6, 6.07) is 0. The van der Waals surface area contributed by atoms with E-state index < -0.39 is 0 Å². The van der Waals surface area contributed by atoms with Crippen LogP contribution in [0.4, 0.5) is 0 Å². The molecule has 8 heteroatoms. The molecule has 3 saturated heterocycles. The van der Waals surface area contributed by atoms with Gasteiger partial charge in [0.1, 0.15) is 6.10 Å². The molecule has 3 aliphatic heterocycles. The Labute approximate surface area is 282 Å². The molecule has 5 fully saturated rings. The number of aliphatic hydroxyl groups is 1. The number of hydrogen-bond acceptors (Lipinski definition) is 8. The monoisotopic (exact) mass is 663 g/mol. The first-order valence-corrected chi connectivity index (χ1v) is 19.6. The molecular weight excluding hydrogens is 589 g/mol. The second-order valence-electron chi connectivity index (χ2n) is 14.3. The van der Waals surface area contributed by atoms with Crippen molar-refractivity contribution in [3.05, 3.63) is 0 Å². The molecule has 44 heavy (non-hydrogen) atoms. The smallest absolute Gasteiger partial charge is 0.104 e. The van der Waals surface area contributed by atoms with Crippen LogP contribution in [0, 0.1) is 35.5 Å². The third kappa shape index (κ3) is 17.0. The Hall–Kier alpha value is 0.460. The van der Waals surface area contributed by atoms with Gasteiger partial charge in [0.05, 0.1) is 38.1 Å². The second-order valence-corrected chi connectivity index (χ2v) is 16.7. The number of nitrogens with zero attached hydrogens (tertiary/aromatic N) is 1. The average molecular weight is 663 g/mol. The van der Waals surface area contributed by atoms with Crippen molar-refractivity contribution in [1.29, 1.82) is 0 Å². The maximum absolute atomic E-state index is 10.2. The molecule has 6 nitrogen and oxygen atoms in total. The van der Waals surface area contributed by atoms with E-state index >= 15 is 0 Å². The van der Waals surface area contributed by atoms with Crippen LogP contribution in [0.5, 0.6) is 0 Å². The normalized spacial score (nSPS) is 33.1. The zero-order valence-electron chi connectivity index (χ0n) is 27.9. The van der Waals surface area contributed by atoms with Gasteiger partial charge in [-0.15, -0.1) is 0 Å². The molecule has 2 N–H and O–H groups in total. The fourth-order valence-electron chi connectivity index (χ4n) is 6.89. The van der Waals surface area contributed by atoms with Gasteiger partial charge < -0.3 is 24.6 Å². The Morgan fingerprint density at radius 1 is 0.795 bits per heavy atom. The summed E-state index contributed by atoms with van der Waals surface area (Å²) in [6.45, 7) is 21.6. The highest BCUT2D eigenvalue weighted by Crippen LogP contribution is 2.36. The molecule has 0 radical (unpaired) electrons. The van der Waals surface area contributed by atoms with Gasteiger partial charge in [-0.1, -0.05) is 69.2 Å². The molecule has 8 unspecified atom stereocenters. The van der Waals surface area contributed by atoms with Crippen LogP contribution in [0.25, 0.3) is 0 Å². The number of ether oxygens (including phenoxy) is 3. The molecule has 3 heterocycles. The van der Waals surface area contributed by atoms with E-state index in [9.17, 15) is 5.11 Å². The topological polar surface area (TPSA) is 66.5 Å². The van der Waals surface area contributed by atoms with Gasteiger partial charge in [0, 0.05) is 55.7 Å². The summed E-state index contributed by atoms with van der Waals surface area (Å²) < 4.78 is 17.4. The Kier molecular flexibility index (Phi) is 22.9. The van der Waals surface area contributed by atoms with Crippen molar-refractivity contribution in [3.8, 4) is 0 Å². The van der Waals surface area contributed by atoms with Crippen molar-refractivity contribution in [1.82, 2.24) is 10.2 Å². The quantitative estimate of drug-likeness (QED) is 0.236. The minimum atomic E-state index is -0.335. The van der Waals surface area contributed by atoms with Crippen molar-refractivity contribution >= 4 is 23.5 Å². The molecule has 2 aliphatic carbocycles. The predicted octanol–water partition coefficient (Wildman–Crippen LogP) is 7.33. The highest BCUT2D eigenvalue weighted by Gasteiger charge is 2.34. The van der Waals surface area contributed by atoms with Gasteiger partial charge in [-0.05, 0) is 61.2 Å². The summed E-state index contributed by atoms with van der Waals surface area (Å²) in [7, 11) is 0. The van der Waals surface area contributed by atoms with Crippen molar-refractivity contribution in [2.75, 3.05) is 75.6 Å². The summed E-state index contributed by atoms with van der Waals surface area (Å²) >= 11 is 4.04. The van der Waals surface area contributed by atoms with E-state index in [1.54, 1.807) is 0 Å². The van der Waals surface area contributed by atoms with Gasteiger partial charge in [-0.25, -0.2) is 0 Å². The lowest BCUT2D eigenvalue weighted by atomic mass is 9.75. The van der Waals surface area contributed by atoms with Crippen LogP contribution < -0.4 is 5.32 Å². The third-order valence-corrected chi connectivity index (χ3v) is 11.7. The lowest BCUT2D eigenvalue weighted by Crippen LogP contribution is -2.42. The van der Waals surface area contributed by atoms with Crippen molar-refractivity contribution in [2.24, 2.45) is 35.5 Å². The summed E-state index contributed by atoms with van der Waals surface area (Å²) in [6.07, 6.45) is 8.65. The molecule has 264 valence electrons. The van der Waals surface area contributed by atoms with Gasteiger partial charge in [-0.3, -0.25) is 4.90 Å². The average Bonchev–Trinajstić information content (AvgIpc) is 3.82. The molecule has 2 saturated carbocycles.